The van der Waals surface area contributed by atoms with E-state index in [1.807, 2.05) is 0 Å². The molecule has 4 aromatic carbocycles. The van der Waals surface area contributed by atoms with Crippen LogP contribution in [0.1, 0.15) is 63.8 Å². The van der Waals surface area contributed by atoms with Crippen LogP contribution in [0.25, 0.3) is 33.4 Å². The first-order chi connectivity index (χ1) is 15.6. The van der Waals surface area contributed by atoms with Crippen molar-refractivity contribution in [1.29, 1.82) is 0 Å². The van der Waals surface area contributed by atoms with Gasteiger partial charge < -0.3 is 0 Å². The number of hydrogen-bond donors (Lipinski definition) is 0. The van der Waals surface area contributed by atoms with Gasteiger partial charge in [0.15, 0.2) is 0 Å². The monoisotopic (exact) mass is 430 g/mol. The van der Waals surface area contributed by atoms with Crippen molar-refractivity contribution >= 4 is 0 Å². The van der Waals surface area contributed by atoms with Gasteiger partial charge in [0.25, 0.3) is 0 Å². The van der Waals surface area contributed by atoms with Gasteiger partial charge in [-0.05, 0) is 79.0 Å². The lowest BCUT2D eigenvalue weighted by Gasteiger charge is -2.33. The Morgan fingerprint density at radius 2 is 1.15 bits per heavy atom. The smallest absolute Gasteiger partial charge is 0.00101 e. The van der Waals surface area contributed by atoms with Gasteiger partial charge in [0.05, 0.1) is 0 Å². The first-order valence-corrected chi connectivity index (χ1v) is 12.1. The predicted octanol–water partition coefficient (Wildman–Crippen LogP) is 9.19. The Kier molecular flexibility index (Phi) is 5.09. The van der Waals surface area contributed by atoms with Crippen molar-refractivity contribution in [2.24, 2.45) is 0 Å². The van der Waals surface area contributed by atoms with Gasteiger partial charge in [-0.15, -0.1) is 0 Å². The van der Waals surface area contributed by atoms with Crippen molar-refractivity contribution in [2.75, 3.05) is 0 Å². The molecule has 0 saturated heterocycles. The van der Waals surface area contributed by atoms with Crippen LogP contribution in [0.5, 0.6) is 0 Å². The van der Waals surface area contributed by atoms with Crippen LogP contribution in [-0.2, 0) is 17.3 Å². The number of benzene rings is 4. The van der Waals surface area contributed by atoms with Crippen molar-refractivity contribution in [3.05, 3.63) is 107 Å². The Hall–Kier alpha value is -3.12. The van der Waals surface area contributed by atoms with Crippen molar-refractivity contribution in [2.45, 2.75) is 58.8 Å². The summed E-state index contributed by atoms with van der Waals surface area (Å²) in [7, 11) is 0. The molecule has 0 fully saturated rings. The highest BCUT2D eigenvalue weighted by Crippen LogP contribution is 2.50. The molecule has 4 aromatic rings. The summed E-state index contributed by atoms with van der Waals surface area (Å²) >= 11 is 0. The summed E-state index contributed by atoms with van der Waals surface area (Å²) in [5.74, 6) is 0. The second-order valence-corrected chi connectivity index (χ2v) is 11.5. The van der Waals surface area contributed by atoms with Gasteiger partial charge in [0, 0.05) is 0 Å². The molecule has 0 unspecified atom stereocenters. The fraction of sp³-hybridized carbons (Fsp3) is 0.273. The van der Waals surface area contributed by atoms with Gasteiger partial charge in [0.1, 0.15) is 0 Å². The maximum atomic E-state index is 2.50. The molecule has 0 spiro atoms. The second-order valence-electron chi connectivity index (χ2n) is 11.5. The van der Waals surface area contributed by atoms with Crippen LogP contribution < -0.4 is 0 Å². The molecule has 0 radical (unpaired) electrons. The molecule has 0 heterocycles. The van der Waals surface area contributed by atoms with E-state index in [9.17, 15) is 0 Å². The third-order valence-corrected chi connectivity index (χ3v) is 6.93. The Morgan fingerprint density at radius 3 is 1.73 bits per heavy atom. The molecule has 0 N–H and O–H groups in total. The Balaban J connectivity index is 1.79. The molecular weight excluding hydrogens is 396 g/mol. The average Bonchev–Trinajstić information content (AvgIpc) is 3.15. The molecule has 166 valence electrons. The van der Waals surface area contributed by atoms with Crippen molar-refractivity contribution in [3.63, 3.8) is 0 Å². The number of fused-ring (bicyclic) bond motifs is 3. The lowest BCUT2D eigenvalue weighted by Crippen LogP contribution is -2.21. The van der Waals surface area contributed by atoms with E-state index in [4.69, 9.17) is 0 Å². The molecule has 0 atom stereocenters. The quantitative estimate of drug-likeness (QED) is 0.262. The zero-order valence-electron chi connectivity index (χ0n) is 20.8. The summed E-state index contributed by atoms with van der Waals surface area (Å²) in [5.41, 5.74) is 14.2. The Bertz CT molecular complexity index is 1310. The highest BCUT2D eigenvalue weighted by atomic mass is 14.4. The van der Waals surface area contributed by atoms with Crippen LogP contribution >= 0.6 is 0 Å². The predicted molar refractivity (Wildman–Crippen MR) is 143 cm³/mol. The van der Waals surface area contributed by atoms with E-state index in [2.05, 4.69) is 126 Å². The Labute approximate surface area is 199 Å². The van der Waals surface area contributed by atoms with Gasteiger partial charge in [-0.2, -0.15) is 0 Å². The van der Waals surface area contributed by atoms with Crippen LogP contribution in [0, 0.1) is 0 Å². The largest absolute Gasteiger partial charge is 0.0622 e. The van der Waals surface area contributed by atoms with E-state index >= 15 is 0 Å². The highest BCUT2D eigenvalue weighted by molar-refractivity contribution is 5.87. The van der Waals surface area contributed by atoms with Crippen LogP contribution in [0.3, 0.4) is 0 Å². The minimum atomic E-state index is 0.0425. The molecule has 0 nitrogen and oxygen atoms in total. The summed E-state index contributed by atoms with van der Waals surface area (Å²) in [6.07, 6.45) is 1.00. The summed E-state index contributed by atoms with van der Waals surface area (Å²) in [6, 6.07) is 31.3. The maximum Gasteiger partial charge on any atom is -0.00101 e. The van der Waals surface area contributed by atoms with Crippen molar-refractivity contribution in [1.82, 2.24) is 0 Å². The first kappa shape index (κ1) is 21.7. The summed E-state index contributed by atoms with van der Waals surface area (Å²) in [4.78, 5) is 0. The van der Waals surface area contributed by atoms with E-state index in [0.717, 1.165) is 6.42 Å². The van der Waals surface area contributed by atoms with Gasteiger partial charge in [-0.3, -0.25) is 0 Å². The van der Waals surface area contributed by atoms with Crippen LogP contribution in [0.2, 0.25) is 0 Å². The lowest BCUT2D eigenvalue weighted by atomic mass is 9.71. The third kappa shape index (κ3) is 3.82. The minimum Gasteiger partial charge on any atom is -0.0622 e. The summed E-state index contributed by atoms with van der Waals surface area (Å²) in [6.45, 7) is 14.2. The van der Waals surface area contributed by atoms with E-state index in [1.165, 1.54) is 55.6 Å². The topological polar surface area (TPSA) is 0 Å². The van der Waals surface area contributed by atoms with Crippen LogP contribution in [-0.4, -0.2) is 0 Å². The van der Waals surface area contributed by atoms with Gasteiger partial charge in [-0.1, -0.05) is 120 Å². The molecular formula is C33H34. The summed E-state index contributed by atoms with van der Waals surface area (Å²) in [5, 5.41) is 0. The Morgan fingerprint density at radius 1 is 0.545 bits per heavy atom. The zero-order chi connectivity index (χ0) is 23.4. The highest BCUT2D eigenvalue weighted by Gasteiger charge is 2.34. The van der Waals surface area contributed by atoms with Crippen LogP contribution in [0.15, 0.2) is 84.9 Å². The normalized spacial score (nSPS) is 13.0. The molecule has 0 bridgehead atoms. The molecule has 5 rings (SSSR count). The number of rotatable bonds is 2. The van der Waals surface area contributed by atoms with E-state index < -0.39 is 0 Å². The van der Waals surface area contributed by atoms with Gasteiger partial charge in [0.2, 0.25) is 0 Å². The molecule has 1 aliphatic rings. The molecule has 1 aliphatic carbocycles. The lowest BCUT2D eigenvalue weighted by molar-refractivity contribution is 0.569. The SMILES string of the molecule is CC(C)(C)c1cc2c(c(C(C)(C)C)c1-c1ccccc1)Cc1cc(-c3ccccc3)ccc1-2. The number of hydrogen-bond acceptors (Lipinski definition) is 0. The van der Waals surface area contributed by atoms with Gasteiger partial charge >= 0.3 is 0 Å². The zero-order valence-corrected chi connectivity index (χ0v) is 20.8. The molecule has 33 heavy (non-hydrogen) atoms. The van der Waals surface area contributed by atoms with Crippen LogP contribution in [0.4, 0.5) is 0 Å². The minimum absolute atomic E-state index is 0.0425. The fourth-order valence-corrected chi connectivity index (χ4v) is 5.47. The first-order valence-electron chi connectivity index (χ1n) is 12.1. The van der Waals surface area contributed by atoms with E-state index in [1.54, 1.807) is 0 Å². The van der Waals surface area contributed by atoms with E-state index in [0.29, 0.717) is 0 Å². The average molecular weight is 431 g/mol. The molecule has 0 amide bonds. The standard InChI is InChI=1S/C33H34/c1-32(2,3)29-21-27-26-18-17-24(22-13-9-7-10-14-22)19-25(26)20-28(27)31(33(4,5)6)30(29)23-15-11-8-12-16-23/h7-19,21H,20H2,1-6H3. The van der Waals surface area contributed by atoms with Crippen molar-refractivity contribution < 1.29 is 0 Å². The van der Waals surface area contributed by atoms with Crippen molar-refractivity contribution in [3.8, 4) is 33.4 Å². The molecule has 0 aliphatic heterocycles. The molecule has 0 heteroatoms. The van der Waals surface area contributed by atoms with Gasteiger partial charge in [-0.25, -0.2) is 0 Å². The summed E-state index contributed by atoms with van der Waals surface area (Å²) < 4.78 is 0. The maximum absolute atomic E-state index is 2.50. The third-order valence-electron chi connectivity index (χ3n) is 6.93. The molecule has 0 saturated carbocycles. The molecule has 0 aromatic heterocycles. The van der Waals surface area contributed by atoms with E-state index in [-0.39, 0.29) is 10.8 Å². The fourth-order valence-electron chi connectivity index (χ4n) is 5.47. The second kappa shape index (κ2) is 7.73.